The first-order valence-corrected chi connectivity index (χ1v) is 2.83. The third-order valence-corrected chi connectivity index (χ3v) is 0.843. The van der Waals surface area contributed by atoms with E-state index in [1.54, 1.807) is 0 Å². The second-order valence-electron chi connectivity index (χ2n) is 1.70. The van der Waals surface area contributed by atoms with Gasteiger partial charge in [-0.3, -0.25) is 0 Å². The Kier molecular flexibility index (Phi) is 10.1. The molecule has 1 rings (SSSR count). The Bertz CT molecular complexity index is 174. The summed E-state index contributed by atoms with van der Waals surface area (Å²) in [5.74, 6) is 0. The van der Waals surface area contributed by atoms with Gasteiger partial charge in [0.25, 0.3) is 0 Å². The van der Waals surface area contributed by atoms with E-state index in [2.05, 4.69) is 6.92 Å². The van der Waals surface area contributed by atoms with Crippen LogP contribution in [0.5, 0.6) is 0 Å². The van der Waals surface area contributed by atoms with Crippen LogP contribution in [0.25, 0.3) is 0 Å². The summed E-state index contributed by atoms with van der Waals surface area (Å²) in [6.45, 7) is 0.637. The Labute approximate surface area is 82.5 Å². The average molecular weight is 226 g/mol. The predicted octanol–water partition coefficient (Wildman–Crippen LogP) is 3.21. The Morgan fingerprint density at radius 2 is 1.33 bits per heavy atom. The van der Waals surface area contributed by atoms with Gasteiger partial charge in [-0.2, -0.15) is 24.6 Å². The summed E-state index contributed by atoms with van der Waals surface area (Å²) in [4.78, 5) is 0. The van der Waals surface area contributed by atoms with Crippen LogP contribution in [0, 0.1) is 13.6 Å². The van der Waals surface area contributed by atoms with Crippen LogP contribution in [0.4, 0.5) is 13.2 Å². The number of rotatable bonds is 0. The van der Waals surface area contributed by atoms with Crippen molar-refractivity contribution in [2.45, 2.75) is 0 Å². The van der Waals surface area contributed by atoms with Crippen molar-refractivity contribution in [2.75, 3.05) is 0 Å². The summed E-state index contributed by atoms with van der Waals surface area (Å²) in [7, 11) is 0. The molecule has 0 amide bonds. The molecule has 0 fully saturated rings. The van der Waals surface area contributed by atoms with E-state index in [0.29, 0.717) is 0 Å². The minimum atomic E-state index is -3.08. The van der Waals surface area contributed by atoms with Crippen molar-refractivity contribution in [1.29, 1.82) is 0 Å². The van der Waals surface area contributed by atoms with E-state index in [-0.39, 0.29) is 19.5 Å². The van der Waals surface area contributed by atoms with Crippen molar-refractivity contribution >= 4 is 0 Å². The molecule has 12 heavy (non-hydrogen) atoms. The third kappa shape index (κ3) is 12.2. The molecule has 62 valence electrons. The topological polar surface area (TPSA) is 0 Å². The zero-order valence-electron chi connectivity index (χ0n) is 6.43. The molecule has 0 aliphatic heterocycles. The minimum absolute atomic E-state index is 0. The number of hydrogen-bond acceptors (Lipinski definition) is 0. The minimum Gasteiger partial charge on any atom is -0.385 e. The largest absolute Gasteiger partial charge is 2.00 e. The fourth-order valence-electron chi connectivity index (χ4n) is 0.478. The van der Waals surface area contributed by atoms with Gasteiger partial charge in [-0.1, -0.05) is 6.07 Å². The van der Waals surface area contributed by atoms with Crippen molar-refractivity contribution in [1.82, 2.24) is 0 Å². The molecule has 1 aromatic rings. The van der Waals surface area contributed by atoms with Crippen LogP contribution in [0.1, 0.15) is 5.56 Å². The first-order valence-electron chi connectivity index (χ1n) is 2.83. The molecule has 4 heteroatoms. The number of hydrogen-bond donors (Lipinski definition) is 0. The quantitative estimate of drug-likeness (QED) is 0.470. The summed E-state index contributed by atoms with van der Waals surface area (Å²) >= 11 is 0. The molecule has 1 aromatic carbocycles. The maximum atomic E-state index is 9.58. The maximum Gasteiger partial charge on any atom is 2.00 e. The second kappa shape index (κ2) is 8.60. The Balaban J connectivity index is 0. The van der Waals surface area contributed by atoms with Gasteiger partial charge in [-0.25, -0.2) is 0 Å². The van der Waals surface area contributed by atoms with E-state index in [4.69, 9.17) is 0 Å². The zero-order valence-corrected chi connectivity index (χ0v) is 9.40. The molecule has 0 aromatic heterocycles. The molecule has 0 saturated carbocycles. The van der Waals surface area contributed by atoms with Gasteiger partial charge in [0.2, 0.25) is 0 Å². The molecule has 0 unspecified atom stereocenters. The van der Waals surface area contributed by atoms with E-state index < -0.39 is 6.68 Å². The maximum absolute atomic E-state index is 9.58. The number of benzene rings is 1. The van der Waals surface area contributed by atoms with Crippen LogP contribution in [-0.2, 0) is 19.5 Å². The van der Waals surface area contributed by atoms with Gasteiger partial charge in [0.15, 0.2) is 6.68 Å². The molecular weight excluding hydrogens is 218 g/mol. The van der Waals surface area contributed by atoms with Gasteiger partial charge in [0, 0.05) is 0 Å². The van der Waals surface area contributed by atoms with Crippen LogP contribution in [0.15, 0.2) is 30.3 Å². The van der Waals surface area contributed by atoms with Gasteiger partial charge >= 0.3 is 19.5 Å². The fourth-order valence-corrected chi connectivity index (χ4v) is 0.478. The first-order chi connectivity index (χ1) is 5.13. The van der Waals surface area contributed by atoms with Gasteiger partial charge < -0.3 is 13.2 Å². The van der Waals surface area contributed by atoms with Gasteiger partial charge in [0.05, 0.1) is 0 Å². The molecule has 0 bridgehead atoms. The predicted molar refractivity (Wildman–Crippen MR) is 37.5 cm³/mol. The first kappa shape index (κ1) is 14.1. The van der Waals surface area contributed by atoms with E-state index in [0.717, 1.165) is 5.56 Å². The summed E-state index contributed by atoms with van der Waals surface area (Å²) in [5.41, 5.74) is 1.07. The molecule has 0 heterocycles. The van der Waals surface area contributed by atoms with Crippen LogP contribution >= 0.6 is 0 Å². The van der Waals surface area contributed by atoms with Crippen LogP contribution in [-0.4, -0.2) is 0 Å². The van der Waals surface area contributed by atoms with E-state index >= 15 is 0 Å². The van der Waals surface area contributed by atoms with Crippen molar-refractivity contribution in [3.05, 3.63) is 49.5 Å². The van der Waals surface area contributed by atoms with Crippen LogP contribution < -0.4 is 0 Å². The van der Waals surface area contributed by atoms with E-state index in [1.165, 1.54) is 0 Å². The molecule has 0 spiro atoms. The van der Waals surface area contributed by atoms with Gasteiger partial charge in [-0.05, 0) is 0 Å². The molecule has 0 radical (unpaired) electrons. The number of halogens is 3. The molecule has 0 atom stereocenters. The van der Waals surface area contributed by atoms with Crippen molar-refractivity contribution < 1.29 is 32.6 Å². The summed E-state index contributed by atoms with van der Waals surface area (Å²) in [6, 6.07) is 9.87. The Morgan fingerprint density at radius 1 is 1.00 bits per heavy atom. The molecule has 0 saturated heterocycles. The van der Waals surface area contributed by atoms with Crippen molar-refractivity contribution in [2.24, 2.45) is 0 Å². The van der Waals surface area contributed by atoms with Crippen molar-refractivity contribution in [3.8, 4) is 0 Å². The third-order valence-electron chi connectivity index (χ3n) is 0.843. The second-order valence-corrected chi connectivity index (χ2v) is 1.70. The van der Waals surface area contributed by atoms with Crippen LogP contribution in [0.3, 0.4) is 0 Å². The Morgan fingerprint density at radius 3 is 1.50 bits per heavy atom. The normalized spacial score (nSPS) is 8.00. The average Bonchev–Trinajstić information content (AvgIpc) is 1.87. The SMILES string of the molecule is F[C-](F)F.[CH2-]c1ccccc1.[Zn+2]. The monoisotopic (exact) mass is 224 g/mol. The summed E-state index contributed by atoms with van der Waals surface area (Å²) in [5, 5.41) is 0. The van der Waals surface area contributed by atoms with Crippen LogP contribution in [0.2, 0.25) is 0 Å². The molecule has 0 aliphatic carbocycles. The molecule has 0 N–H and O–H groups in total. The Hall–Kier alpha value is -0.497. The molecular formula is C8H7F3Zn. The van der Waals surface area contributed by atoms with Crippen molar-refractivity contribution in [3.63, 3.8) is 0 Å². The van der Waals surface area contributed by atoms with Gasteiger partial charge in [-0.15, -0.1) is 12.1 Å². The van der Waals surface area contributed by atoms with E-state index in [9.17, 15) is 13.2 Å². The van der Waals surface area contributed by atoms with Gasteiger partial charge in [0.1, 0.15) is 0 Å². The smallest absolute Gasteiger partial charge is 0.385 e. The zero-order chi connectivity index (χ0) is 8.69. The molecule has 0 aliphatic rings. The molecule has 0 nitrogen and oxygen atoms in total. The fraction of sp³-hybridized carbons (Fsp3) is 0. The standard InChI is InChI=1S/C7H7.CF3.Zn/c1-7-5-3-2-4-6-7;2-1(3)4;/h2-6H,1H2;;/q2*-1;+2. The van der Waals surface area contributed by atoms with E-state index in [1.807, 2.05) is 30.3 Å². The summed E-state index contributed by atoms with van der Waals surface area (Å²) in [6.07, 6.45) is 0. The summed E-state index contributed by atoms with van der Waals surface area (Å²) < 4.78 is 28.8.